The molecule has 1 saturated carbocycles. The fraction of sp³-hybridized carbons (Fsp3) is 0.190. The number of rotatable bonds is 5. The molecule has 1 fully saturated rings. The van der Waals surface area contributed by atoms with Crippen LogP contribution < -0.4 is 0 Å². The Morgan fingerprint density at radius 2 is 1.89 bits per heavy atom. The standard InChI is InChI=1S/C21H13F3N2OS/c22-12-4-1-3-11(7-12)13-8-14(13)20(27)15(9-25)21-26-18(10-28-21)19-16(23)5-2-6-17(19)24/h1-7,10,13-15H,8H2/t13-,14+,15-/m1/s1. The van der Waals surface area contributed by atoms with Gasteiger partial charge in [-0.25, -0.2) is 18.2 Å². The van der Waals surface area contributed by atoms with Gasteiger partial charge < -0.3 is 0 Å². The molecule has 0 amide bonds. The summed E-state index contributed by atoms with van der Waals surface area (Å²) in [5, 5.41) is 11.1. The second-order valence-electron chi connectivity index (χ2n) is 6.64. The van der Waals surface area contributed by atoms with Crippen LogP contribution in [0.5, 0.6) is 0 Å². The van der Waals surface area contributed by atoms with Crippen molar-refractivity contribution >= 4 is 17.1 Å². The van der Waals surface area contributed by atoms with Gasteiger partial charge in [-0.05, 0) is 42.2 Å². The molecule has 4 rings (SSSR count). The van der Waals surface area contributed by atoms with Gasteiger partial charge in [-0.1, -0.05) is 18.2 Å². The Bertz CT molecular complexity index is 1080. The summed E-state index contributed by atoms with van der Waals surface area (Å²) in [6, 6.07) is 11.5. The van der Waals surface area contributed by atoms with E-state index >= 15 is 0 Å². The first-order chi connectivity index (χ1) is 13.5. The molecular formula is C21H13F3N2OS. The van der Waals surface area contributed by atoms with Crippen molar-refractivity contribution in [2.75, 3.05) is 0 Å². The first-order valence-corrected chi connectivity index (χ1v) is 9.46. The van der Waals surface area contributed by atoms with Gasteiger partial charge in [0.15, 0.2) is 11.7 Å². The lowest BCUT2D eigenvalue weighted by Gasteiger charge is -2.05. The normalized spacial score (nSPS) is 19.1. The van der Waals surface area contributed by atoms with Crippen LogP contribution in [0.15, 0.2) is 47.8 Å². The Balaban J connectivity index is 1.57. The zero-order valence-electron chi connectivity index (χ0n) is 14.4. The number of Topliss-reactive ketones (excluding diaryl/α,β-unsaturated/α-hetero) is 1. The van der Waals surface area contributed by atoms with Crippen LogP contribution in [-0.4, -0.2) is 10.8 Å². The number of nitriles is 1. The summed E-state index contributed by atoms with van der Waals surface area (Å²) < 4.78 is 41.3. The van der Waals surface area contributed by atoms with Crippen molar-refractivity contribution in [3.05, 3.63) is 75.9 Å². The molecule has 3 nitrogen and oxygen atoms in total. The maximum atomic E-state index is 14.0. The van der Waals surface area contributed by atoms with E-state index in [1.165, 1.54) is 23.6 Å². The van der Waals surface area contributed by atoms with Gasteiger partial charge in [0.1, 0.15) is 22.5 Å². The number of benzene rings is 2. The molecule has 28 heavy (non-hydrogen) atoms. The van der Waals surface area contributed by atoms with E-state index in [9.17, 15) is 23.2 Å². The number of aromatic nitrogens is 1. The summed E-state index contributed by atoms with van der Waals surface area (Å²) in [6.45, 7) is 0. The number of hydrogen-bond acceptors (Lipinski definition) is 4. The highest BCUT2D eigenvalue weighted by Crippen LogP contribution is 2.50. The summed E-state index contributed by atoms with van der Waals surface area (Å²) in [5.74, 6) is -3.81. The molecule has 0 bridgehead atoms. The Morgan fingerprint density at radius 3 is 2.57 bits per heavy atom. The zero-order chi connectivity index (χ0) is 19.8. The molecule has 1 aliphatic rings. The van der Waals surface area contributed by atoms with E-state index in [4.69, 9.17) is 0 Å². The molecule has 0 N–H and O–H groups in total. The number of nitrogens with zero attached hydrogens (tertiary/aromatic N) is 2. The molecule has 0 radical (unpaired) electrons. The first kappa shape index (κ1) is 18.4. The van der Waals surface area contributed by atoms with E-state index < -0.39 is 17.6 Å². The molecule has 1 aromatic heterocycles. The van der Waals surface area contributed by atoms with Crippen molar-refractivity contribution in [3.8, 4) is 17.3 Å². The predicted octanol–water partition coefficient (Wildman–Crippen LogP) is 5.21. The zero-order valence-corrected chi connectivity index (χ0v) is 15.2. The molecule has 1 heterocycles. The maximum absolute atomic E-state index is 14.0. The van der Waals surface area contributed by atoms with Gasteiger partial charge in [-0.15, -0.1) is 11.3 Å². The van der Waals surface area contributed by atoms with Crippen LogP contribution in [0.3, 0.4) is 0 Å². The average molecular weight is 398 g/mol. The molecule has 0 aliphatic heterocycles. The highest BCUT2D eigenvalue weighted by molar-refractivity contribution is 7.10. The number of hydrogen-bond donors (Lipinski definition) is 0. The highest BCUT2D eigenvalue weighted by Gasteiger charge is 2.47. The van der Waals surface area contributed by atoms with Crippen LogP contribution in [0.25, 0.3) is 11.3 Å². The van der Waals surface area contributed by atoms with Gasteiger partial charge in [-0.3, -0.25) is 4.79 Å². The molecule has 0 spiro atoms. The fourth-order valence-corrected chi connectivity index (χ4v) is 4.21. The molecule has 3 aromatic rings. The summed E-state index contributed by atoms with van der Waals surface area (Å²) in [7, 11) is 0. The lowest BCUT2D eigenvalue weighted by molar-refractivity contribution is -0.120. The number of carbonyl (C=O) groups excluding carboxylic acids is 1. The molecule has 0 unspecified atom stereocenters. The SMILES string of the molecule is N#C[C@H](C(=O)[C@H]1C[C@@H]1c1cccc(F)c1)c1nc(-c2c(F)cccc2F)cs1. The van der Waals surface area contributed by atoms with Crippen molar-refractivity contribution < 1.29 is 18.0 Å². The van der Waals surface area contributed by atoms with E-state index in [1.807, 2.05) is 6.07 Å². The Kier molecular flexibility index (Phi) is 4.73. The van der Waals surface area contributed by atoms with E-state index in [0.717, 1.165) is 29.0 Å². The third-order valence-corrected chi connectivity index (χ3v) is 5.74. The fourth-order valence-electron chi connectivity index (χ4n) is 3.35. The average Bonchev–Trinajstić information content (AvgIpc) is 3.34. The minimum Gasteiger partial charge on any atom is -0.297 e. The topological polar surface area (TPSA) is 53.8 Å². The van der Waals surface area contributed by atoms with Crippen LogP contribution in [0.2, 0.25) is 0 Å². The van der Waals surface area contributed by atoms with Crippen LogP contribution in [0, 0.1) is 34.7 Å². The van der Waals surface area contributed by atoms with Crippen molar-refractivity contribution in [1.29, 1.82) is 5.26 Å². The smallest absolute Gasteiger partial charge is 0.160 e. The van der Waals surface area contributed by atoms with E-state index in [0.29, 0.717) is 6.42 Å². The highest BCUT2D eigenvalue weighted by atomic mass is 32.1. The largest absolute Gasteiger partial charge is 0.297 e. The Labute approximate surface area is 163 Å². The molecule has 2 aromatic carbocycles. The first-order valence-electron chi connectivity index (χ1n) is 8.58. The second kappa shape index (κ2) is 7.21. The van der Waals surface area contributed by atoms with Gasteiger partial charge in [0.25, 0.3) is 0 Å². The van der Waals surface area contributed by atoms with Crippen molar-refractivity contribution in [3.63, 3.8) is 0 Å². The second-order valence-corrected chi connectivity index (χ2v) is 7.53. The lowest BCUT2D eigenvalue weighted by Crippen LogP contribution is -2.13. The van der Waals surface area contributed by atoms with Gasteiger partial charge in [-0.2, -0.15) is 5.26 Å². The molecule has 1 aliphatic carbocycles. The summed E-state index contributed by atoms with van der Waals surface area (Å²) in [4.78, 5) is 16.9. The monoisotopic (exact) mass is 398 g/mol. The minimum atomic E-state index is -1.11. The summed E-state index contributed by atoms with van der Waals surface area (Å²) in [6.07, 6.45) is 0.542. The predicted molar refractivity (Wildman–Crippen MR) is 98.1 cm³/mol. The van der Waals surface area contributed by atoms with Crippen LogP contribution in [0.1, 0.15) is 28.8 Å². The van der Waals surface area contributed by atoms with Crippen LogP contribution in [0.4, 0.5) is 13.2 Å². The van der Waals surface area contributed by atoms with E-state index in [2.05, 4.69) is 4.98 Å². The van der Waals surface area contributed by atoms with E-state index in [-0.39, 0.29) is 39.7 Å². The Hall–Kier alpha value is -2.98. The molecule has 140 valence electrons. The Morgan fingerprint density at radius 1 is 1.18 bits per heavy atom. The number of carbonyl (C=O) groups is 1. The number of ketones is 1. The number of thiazole rings is 1. The summed E-state index contributed by atoms with van der Waals surface area (Å²) >= 11 is 1.02. The van der Waals surface area contributed by atoms with E-state index in [1.54, 1.807) is 12.1 Å². The van der Waals surface area contributed by atoms with Gasteiger partial charge in [0.05, 0.1) is 17.3 Å². The van der Waals surface area contributed by atoms with Gasteiger partial charge in [0, 0.05) is 11.3 Å². The van der Waals surface area contributed by atoms with Crippen molar-refractivity contribution in [1.82, 2.24) is 4.98 Å². The minimum absolute atomic E-state index is 0.0566. The maximum Gasteiger partial charge on any atom is 0.160 e. The van der Waals surface area contributed by atoms with Crippen molar-refractivity contribution in [2.45, 2.75) is 18.3 Å². The molecule has 0 saturated heterocycles. The third kappa shape index (κ3) is 3.32. The van der Waals surface area contributed by atoms with Gasteiger partial charge in [0.2, 0.25) is 0 Å². The number of halogens is 3. The van der Waals surface area contributed by atoms with Gasteiger partial charge >= 0.3 is 0 Å². The molecule has 3 atom stereocenters. The molecular weight excluding hydrogens is 385 g/mol. The lowest BCUT2D eigenvalue weighted by atomic mass is 9.99. The quantitative estimate of drug-likeness (QED) is 0.593. The van der Waals surface area contributed by atoms with Crippen molar-refractivity contribution in [2.24, 2.45) is 5.92 Å². The van der Waals surface area contributed by atoms with Crippen LogP contribution >= 0.6 is 11.3 Å². The van der Waals surface area contributed by atoms with Crippen LogP contribution in [-0.2, 0) is 4.79 Å². The molecule has 7 heteroatoms. The summed E-state index contributed by atoms with van der Waals surface area (Å²) in [5.41, 5.74) is 0.502. The third-order valence-electron chi connectivity index (χ3n) is 4.83.